The van der Waals surface area contributed by atoms with Crippen molar-refractivity contribution in [3.05, 3.63) is 17.2 Å². The molecule has 1 aliphatic rings. The Kier molecular flexibility index (Phi) is 3.71. The predicted molar refractivity (Wildman–Crippen MR) is 70.4 cm³/mol. The zero-order chi connectivity index (χ0) is 13.3. The van der Waals surface area contributed by atoms with E-state index in [9.17, 15) is 4.79 Å². The second-order valence-electron chi connectivity index (χ2n) is 5.32. The number of rotatable bonds is 3. The van der Waals surface area contributed by atoms with Gasteiger partial charge in [-0.3, -0.25) is 4.79 Å². The number of nitrogens with one attached hydrogen (secondary N) is 1. The van der Waals surface area contributed by atoms with E-state index in [4.69, 9.17) is 4.98 Å². The molecular formula is C13H22N4O. The molecule has 1 aromatic rings. The number of carbonyl (C=O) groups excluding carboxylic acids is 1. The molecule has 1 aliphatic heterocycles. The van der Waals surface area contributed by atoms with E-state index in [0.29, 0.717) is 12.5 Å². The van der Waals surface area contributed by atoms with Gasteiger partial charge in [-0.25, -0.2) is 4.98 Å². The summed E-state index contributed by atoms with van der Waals surface area (Å²) < 4.78 is 2.11. The number of hydrogen-bond acceptors (Lipinski definition) is 3. The van der Waals surface area contributed by atoms with Gasteiger partial charge in [-0.2, -0.15) is 0 Å². The zero-order valence-electron chi connectivity index (χ0n) is 11.7. The van der Waals surface area contributed by atoms with E-state index in [-0.39, 0.29) is 5.91 Å². The Labute approximate surface area is 108 Å². The van der Waals surface area contributed by atoms with Crippen LogP contribution in [0.2, 0.25) is 0 Å². The van der Waals surface area contributed by atoms with Crippen LogP contribution in [-0.2, 0) is 24.3 Å². The third-order valence-electron chi connectivity index (χ3n) is 3.32. The average Bonchev–Trinajstić information content (AvgIpc) is 2.68. The van der Waals surface area contributed by atoms with E-state index >= 15 is 0 Å². The van der Waals surface area contributed by atoms with E-state index in [0.717, 1.165) is 31.0 Å². The maximum absolute atomic E-state index is 11.9. The molecule has 100 valence electrons. The van der Waals surface area contributed by atoms with Gasteiger partial charge < -0.3 is 14.8 Å². The van der Waals surface area contributed by atoms with E-state index in [1.165, 1.54) is 5.69 Å². The maximum Gasteiger partial charge on any atom is 0.242 e. The van der Waals surface area contributed by atoms with E-state index in [2.05, 4.69) is 23.7 Å². The second kappa shape index (κ2) is 5.10. The predicted octanol–water partition coefficient (Wildman–Crippen LogP) is 0.740. The molecule has 0 radical (unpaired) electrons. The summed E-state index contributed by atoms with van der Waals surface area (Å²) in [5.41, 5.74) is 2.34. The van der Waals surface area contributed by atoms with Crippen LogP contribution in [0.15, 0.2) is 0 Å². The number of carbonyl (C=O) groups is 1. The molecular weight excluding hydrogens is 228 g/mol. The number of likely N-dealkylation sites (N-methyl/N-ethyl adjacent to an activating group) is 1. The molecule has 1 N–H and O–H groups in total. The molecule has 5 nitrogen and oxygen atoms in total. The number of amides is 1. The smallest absolute Gasteiger partial charge is 0.242 e. The monoisotopic (exact) mass is 250 g/mol. The van der Waals surface area contributed by atoms with Crippen LogP contribution in [0.25, 0.3) is 0 Å². The molecule has 0 spiro atoms. The van der Waals surface area contributed by atoms with Crippen LogP contribution in [0, 0.1) is 0 Å². The summed E-state index contributed by atoms with van der Waals surface area (Å²) in [6.07, 6.45) is 0.954. The maximum atomic E-state index is 11.9. The minimum Gasteiger partial charge on any atom is -0.347 e. The summed E-state index contributed by atoms with van der Waals surface area (Å²) in [6.45, 7) is 6.43. The lowest BCUT2D eigenvalue weighted by Gasteiger charge is -2.18. The lowest BCUT2D eigenvalue weighted by molar-refractivity contribution is -0.129. The fraction of sp³-hybridized carbons (Fsp3) is 0.692. The Balaban J connectivity index is 2.36. The number of nitrogens with zero attached hydrogens (tertiary/aromatic N) is 3. The fourth-order valence-electron chi connectivity index (χ4n) is 2.29. The van der Waals surface area contributed by atoms with Crippen LogP contribution in [0.5, 0.6) is 0 Å². The van der Waals surface area contributed by atoms with Crippen LogP contribution in [0.4, 0.5) is 0 Å². The topological polar surface area (TPSA) is 50.2 Å². The van der Waals surface area contributed by atoms with Gasteiger partial charge >= 0.3 is 0 Å². The minimum absolute atomic E-state index is 0.121. The molecule has 2 heterocycles. The van der Waals surface area contributed by atoms with Gasteiger partial charge in [-0.05, 0) is 0 Å². The van der Waals surface area contributed by atoms with Crippen LogP contribution in [0.1, 0.15) is 37.0 Å². The van der Waals surface area contributed by atoms with Gasteiger partial charge in [0.25, 0.3) is 0 Å². The van der Waals surface area contributed by atoms with E-state index < -0.39 is 0 Å². The second-order valence-corrected chi connectivity index (χ2v) is 5.32. The molecule has 0 saturated carbocycles. The van der Waals surface area contributed by atoms with Crippen LogP contribution >= 0.6 is 0 Å². The Morgan fingerprint density at radius 2 is 2.22 bits per heavy atom. The van der Waals surface area contributed by atoms with Gasteiger partial charge in [0.1, 0.15) is 12.4 Å². The summed E-state index contributed by atoms with van der Waals surface area (Å²) in [4.78, 5) is 18.3. The first-order valence-electron chi connectivity index (χ1n) is 6.49. The van der Waals surface area contributed by atoms with Crippen molar-refractivity contribution in [1.82, 2.24) is 19.8 Å². The molecule has 0 atom stereocenters. The highest BCUT2D eigenvalue weighted by Gasteiger charge is 2.22. The summed E-state index contributed by atoms with van der Waals surface area (Å²) in [5.74, 6) is 1.49. The molecule has 1 amide bonds. The normalized spacial score (nSPS) is 14.7. The van der Waals surface area contributed by atoms with Gasteiger partial charge in [0.05, 0.1) is 5.69 Å². The molecule has 1 aromatic heterocycles. The molecule has 2 rings (SSSR count). The van der Waals surface area contributed by atoms with Crippen molar-refractivity contribution >= 4 is 5.91 Å². The third kappa shape index (κ3) is 2.41. The highest BCUT2D eigenvalue weighted by Crippen LogP contribution is 2.21. The Bertz CT molecular complexity index is 448. The van der Waals surface area contributed by atoms with Gasteiger partial charge in [0, 0.05) is 45.2 Å². The van der Waals surface area contributed by atoms with Crippen molar-refractivity contribution < 1.29 is 4.79 Å². The first kappa shape index (κ1) is 13.1. The Morgan fingerprint density at radius 3 is 2.83 bits per heavy atom. The standard InChI is InChI=1S/C13H22N4O/c1-9(2)13-15-10-7-14-6-5-11(10)17(13)8-12(18)16(3)4/h9,14H,5-8H2,1-4H3. The third-order valence-corrected chi connectivity index (χ3v) is 3.32. The molecule has 0 aromatic carbocycles. The molecule has 5 heteroatoms. The highest BCUT2D eigenvalue weighted by molar-refractivity contribution is 5.75. The van der Waals surface area contributed by atoms with Crippen LogP contribution < -0.4 is 5.32 Å². The molecule has 18 heavy (non-hydrogen) atoms. The van der Waals surface area contributed by atoms with Gasteiger partial charge in [0.15, 0.2) is 0 Å². The molecule has 0 bridgehead atoms. The summed E-state index contributed by atoms with van der Waals surface area (Å²) in [7, 11) is 3.59. The van der Waals surface area contributed by atoms with E-state index in [1.807, 2.05) is 0 Å². The molecule has 0 fully saturated rings. The zero-order valence-corrected chi connectivity index (χ0v) is 11.7. The fourth-order valence-corrected chi connectivity index (χ4v) is 2.29. The molecule has 0 saturated heterocycles. The van der Waals surface area contributed by atoms with Crippen molar-refractivity contribution in [3.8, 4) is 0 Å². The lowest BCUT2D eigenvalue weighted by Crippen LogP contribution is -2.30. The van der Waals surface area contributed by atoms with Crippen molar-refractivity contribution in [2.75, 3.05) is 20.6 Å². The van der Waals surface area contributed by atoms with Crippen LogP contribution in [0.3, 0.4) is 0 Å². The average molecular weight is 250 g/mol. The van der Waals surface area contributed by atoms with Crippen molar-refractivity contribution in [1.29, 1.82) is 0 Å². The van der Waals surface area contributed by atoms with E-state index in [1.54, 1.807) is 19.0 Å². The summed E-state index contributed by atoms with van der Waals surface area (Å²) in [5, 5.41) is 3.33. The first-order chi connectivity index (χ1) is 8.50. The van der Waals surface area contributed by atoms with Crippen molar-refractivity contribution in [3.63, 3.8) is 0 Å². The number of hydrogen-bond donors (Lipinski definition) is 1. The quantitative estimate of drug-likeness (QED) is 0.861. The molecule has 0 aliphatic carbocycles. The Morgan fingerprint density at radius 1 is 1.50 bits per heavy atom. The summed E-state index contributed by atoms with van der Waals surface area (Å²) >= 11 is 0. The van der Waals surface area contributed by atoms with Gasteiger partial charge in [-0.1, -0.05) is 13.8 Å². The highest BCUT2D eigenvalue weighted by atomic mass is 16.2. The summed E-state index contributed by atoms with van der Waals surface area (Å²) in [6, 6.07) is 0. The molecule has 0 unspecified atom stereocenters. The van der Waals surface area contributed by atoms with Crippen LogP contribution in [-0.4, -0.2) is 41.0 Å². The van der Waals surface area contributed by atoms with Crippen molar-refractivity contribution in [2.24, 2.45) is 0 Å². The first-order valence-corrected chi connectivity index (χ1v) is 6.49. The number of fused-ring (bicyclic) bond motifs is 1. The number of imidazole rings is 1. The SMILES string of the molecule is CC(C)c1nc2c(n1CC(=O)N(C)C)CCNC2. The Hall–Kier alpha value is -1.36. The largest absolute Gasteiger partial charge is 0.347 e. The number of aromatic nitrogens is 2. The minimum atomic E-state index is 0.121. The van der Waals surface area contributed by atoms with Gasteiger partial charge in [-0.15, -0.1) is 0 Å². The van der Waals surface area contributed by atoms with Gasteiger partial charge in [0.2, 0.25) is 5.91 Å². The lowest BCUT2D eigenvalue weighted by atomic mass is 10.2. The van der Waals surface area contributed by atoms with Crippen molar-refractivity contribution in [2.45, 2.75) is 39.3 Å².